The number of ether oxygens (including phenoxy) is 1. The van der Waals surface area contributed by atoms with Crippen molar-refractivity contribution in [2.24, 2.45) is 7.05 Å². The molecule has 1 aliphatic rings. The average molecular weight is 184 g/mol. The van der Waals surface area contributed by atoms with Crippen molar-refractivity contribution in [2.45, 2.75) is 18.1 Å². The van der Waals surface area contributed by atoms with Gasteiger partial charge in [-0.15, -0.1) is 11.8 Å². The first-order valence-corrected chi connectivity index (χ1v) is 5.22. The molecular weight excluding hydrogens is 172 g/mol. The molecule has 1 aromatic heterocycles. The number of aromatic nitrogens is 2. The minimum atomic E-state index is 0.735. The Bertz CT molecular complexity index is 295. The van der Waals surface area contributed by atoms with Crippen LogP contribution in [-0.2, 0) is 24.8 Å². The second-order valence-electron chi connectivity index (χ2n) is 2.86. The molecule has 2 rings (SSSR count). The van der Waals surface area contributed by atoms with E-state index in [9.17, 15) is 0 Å². The standard InChI is InChI=1S/C8H12N2OS/c1-10-7-3-4-11-5-6(7)8(9-10)12-2/h3-5H2,1-2H3. The molecule has 0 saturated heterocycles. The lowest BCUT2D eigenvalue weighted by Crippen LogP contribution is -2.11. The van der Waals surface area contributed by atoms with E-state index >= 15 is 0 Å². The smallest absolute Gasteiger partial charge is 0.124 e. The van der Waals surface area contributed by atoms with Crippen molar-refractivity contribution in [2.75, 3.05) is 12.9 Å². The zero-order valence-electron chi connectivity index (χ0n) is 7.33. The molecule has 0 radical (unpaired) electrons. The fraction of sp³-hybridized carbons (Fsp3) is 0.625. The third-order valence-corrected chi connectivity index (χ3v) is 2.88. The summed E-state index contributed by atoms with van der Waals surface area (Å²) in [4.78, 5) is 0. The van der Waals surface area contributed by atoms with Gasteiger partial charge >= 0.3 is 0 Å². The highest BCUT2D eigenvalue weighted by atomic mass is 32.2. The monoisotopic (exact) mass is 184 g/mol. The molecule has 0 aliphatic carbocycles. The molecular formula is C8H12N2OS. The van der Waals surface area contributed by atoms with Crippen molar-refractivity contribution >= 4 is 11.8 Å². The summed E-state index contributed by atoms with van der Waals surface area (Å²) in [5.41, 5.74) is 2.63. The van der Waals surface area contributed by atoms with Gasteiger partial charge < -0.3 is 4.74 Å². The van der Waals surface area contributed by atoms with Crippen molar-refractivity contribution in [3.05, 3.63) is 11.3 Å². The Morgan fingerprint density at radius 1 is 1.58 bits per heavy atom. The van der Waals surface area contributed by atoms with Crippen molar-refractivity contribution in [3.8, 4) is 0 Å². The summed E-state index contributed by atoms with van der Waals surface area (Å²) in [5, 5.41) is 5.53. The predicted octanol–water partition coefficient (Wildman–Crippen LogP) is 1.21. The minimum Gasteiger partial charge on any atom is -0.376 e. The molecule has 3 nitrogen and oxygen atoms in total. The van der Waals surface area contributed by atoms with Crippen LogP contribution in [0.5, 0.6) is 0 Å². The minimum absolute atomic E-state index is 0.735. The molecule has 0 fully saturated rings. The quantitative estimate of drug-likeness (QED) is 0.614. The van der Waals surface area contributed by atoms with Gasteiger partial charge in [-0.3, -0.25) is 4.68 Å². The SMILES string of the molecule is CSc1nn(C)c2c1COCC2. The van der Waals surface area contributed by atoms with Gasteiger partial charge in [-0.2, -0.15) is 5.10 Å². The molecule has 66 valence electrons. The zero-order valence-corrected chi connectivity index (χ0v) is 8.15. The van der Waals surface area contributed by atoms with E-state index in [1.54, 1.807) is 11.8 Å². The van der Waals surface area contributed by atoms with Gasteiger partial charge in [0, 0.05) is 24.7 Å². The van der Waals surface area contributed by atoms with E-state index in [2.05, 4.69) is 11.4 Å². The lowest BCUT2D eigenvalue weighted by molar-refractivity contribution is 0.107. The Morgan fingerprint density at radius 2 is 2.42 bits per heavy atom. The van der Waals surface area contributed by atoms with Gasteiger partial charge in [0.2, 0.25) is 0 Å². The molecule has 0 aromatic carbocycles. The summed E-state index contributed by atoms with van der Waals surface area (Å²) < 4.78 is 7.36. The van der Waals surface area contributed by atoms with Crippen molar-refractivity contribution < 1.29 is 4.74 Å². The third-order valence-electron chi connectivity index (χ3n) is 2.16. The summed E-state index contributed by atoms with van der Waals surface area (Å²) in [6, 6.07) is 0. The predicted molar refractivity (Wildman–Crippen MR) is 48.3 cm³/mol. The third kappa shape index (κ3) is 1.15. The average Bonchev–Trinajstić information content (AvgIpc) is 2.44. The van der Waals surface area contributed by atoms with Gasteiger partial charge in [-0.05, 0) is 6.26 Å². The van der Waals surface area contributed by atoms with E-state index in [4.69, 9.17) is 4.74 Å². The number of aryl methyl sites for hydroxylation is 1. The number of hydrogen-bond donors (Lipinski definition) is 0. The molecule has 0 bridgehead atoms. The first-order chi connectivity index (χ1) is 5.83. The molecule has 2 heterocycles. The topological polar surface area (TPSA) is 27.1 Å². The fourth-order valence-electron chi connectivity index (χ4n) is 1.54. The van der Waals surface area contributed by atoms with E-state index in [0.717, 1.165) is 24.7 Å². The normalized spacial score (nSPS) is 16.2. The number of hydrogen-bond acceptors (Lipinski definition) is 3. The maximum Gasteiger partial charge on any atom is 0.124 e. The molecule has 0 saturated carbocycles. The molecule has 1 aliphatic heterocycles. The fourth-order valence-corrected chi connectivity index (χ4v) is 2.17. The van der Waals surface area contributed by atoms with Crippen LogP contribution in [0.1, 0.15) is 11.3 Å². The largest absolute Gasteiger partial charge is 0.376 e. The summed E-state index contributed by atoms with van der Waals surface area (Å²) in [7, 11) is 2.00. The van der Waals surface area contributed by atoms with Crippen LogP contribution in [0.25, 0.3) is 0 Å². The summed E-state index contributed by atoms with van der Waals surface area (Å²) >= 11 is 1.69. The van der Waals surface area contributed by atoms with Crippen LogP contribution in [0, 0.1) is 0 Å². The van der Waals surface area contributed by atoms with Crippen molar-refractivity contribution in [1.29, 1.82) is 0 Å². The van der Waals surface area contributed by atoms with Crippen molar-refractivity contribution in [3.63, 3.8) is 0 Å². The Balaban J connectivity index is 2.47. The van der Waals surface area contributed by atoms with Crippen molar-refractivity contribution in [1.82, 2.24) is 9.78 Å². The van der Waals surface area contributed by atoms with E-state index in [1.165, 1.54) is 11.3 Å². The van der Waals surface area contributed by atoms with Crippen LogP contribution < -0.4 is 0 Å². The first-order valence-electron chi connectivity index (χ1n) is 3.99. The number of thioether (sulfide) groups is 1. The van der Waals surface area contributed by atoms with E-state index in [-0.39, 0.29) is 0 Å². The molecule has 0 atom stereocenters. The van der Waals surface area contributed by atoms with E-state index in [0.29, 0.717) is 0 Å². The Morgan fingerprint density at radius 3 is 3.17 bits per heavy atom. The lowest BCUT2D eigenvalue weighted by atomic mass is 10.2. The van der Waals surface area contributed by atoms with Crippen LogP contribution in [0.15, 0.2) is 5.03 Å². The Labute approximate surface area is 76.1 Å². The number of rotatable bonds is 1. The number of nitrogens with zero attached hydrogens (tertiary/aromatic N) is 2. The molecule has 0 amide bonds. The van der Waals surface area contributed by atoms with Gasteiger partial charge in [-0.1, -0.05) is 0 Å². The molecule has 1 aromatic rings. The summed E-state index contributed by atoms with van der Waals surface area (Å²) in [6.07, 6.45) is 3.05. The molecule has 12 heavy (non-hydrogen) atoms. The van der Waals surface area contributed by atoms with Crippen LogP contribution in [0.4, 0.5) is 0 Å². The second-order valence-corrected chi connectivity index (χ2v) is 3.66. The van der Waals surface area contributed by atoms with E-state index in [1.807, 2.05) is 11.7 Å². The zero-order chi connectivity index (χ0) is 8.55. The van der Waals surface area contributed by atoms with Crippen LogP contribution in [0.3, 0.4) is 0 Å². The van der Waals surface area contributed by atoms with Crippen LogP contribution in [0.2, 0.25) is 0 Å². The van der Waals surface area contributed by atoms with Crippen LogP contribution in [-0.4, -0.2) is 22.6 Å². The maximum atomic E-state index is 5.39. The molecule has 0 unspecified atom stereocenters. The highest BCUT2D eigenvalue weighted by Gasteiger charge is 2.18. The highest BCUT2D eigenvalue weighted by Crippen LogP contribution is 2.25. The maximum absolute atomic E-state index is 5.39. The van der Waals surface area contributed by atoms with Gasteiger partial charge in [0.1, 0.15) is 5.03 Å². The number of fused-ring (bicyclic) bond motifs is 1. The van der Waals surface area contributed by atoms with Gasteiger partial charge in [0.15, 0.2) is 0 Å². The molecule has 0 spiro atoms. The van der Waals surface area contributed by atoms with E-state index < -0.39 is 0 Å². The van der Waals surface area contributed by atoms with Gasteiger partial charge in [-0.25, -0.2) is 0 Å². The Kier molecular flexibility index (Phi) is 2.11. The summed E-state index contributed by atoms with van der Waals surface area (Å²) in [6.45, 7) is 1.57. The lowest BCUT2D eigenvalue weighted by Gasteiger charge is -2.12. The first kappa shape index (κ1) is 8.13. The molecule has 0 N–H and O–H groups in total. The Hall–Kier alpha value is -0.480. The second kappa shape index (κ2) is 3.11. The van der Waals surface area contributed by atoms with Crippen LogP contribution >= 0.6 is 11.8 Å². The van der Waals surface area contributed by atoms with Gasteiger partial charge in [0.05, 0.1) is 13.2 Å². The summed E-state index contributed by atoms with van der Waals surface area (Å²) in [5.74, 6) is 0. The van der Waals surface area contributed by atoms with Gasteiger partial charge in [0.25, 0.3) is 0 Å². The highest BCUT2D eigenvalue weighted by molar-refractivity contribution is 7.98. The molecule has 4 heteroatoms.